The number of nitrogens with zero attached hydrogens (tertiary/aromatic N) is 3. The molecule has 116 valence electrons. The zero-order valence-corrected chi connectivity index (χ0v) is 13.4. The highest BCUT2D eigenvalue weighted by atomic mass is 35.5. The Morgan fingerprint density at radius 3 is 2.68 bits per heavy atom. The van der Waals surface area contributed by atoms with Gasteiger partial charge in [-0.25, -0.2) is 0 Å². The molecular weight excluding hydrogens is 355 g/mol. The van der Waals surface area contributed by atoms with Crippen LogP contribution in [0.1, 0.15) is 5.69 Å². The number of anilines is 1. The fraction of sp³-hybridized carbons (Fsp3) is 0.167. The molecule has 1 heterocycles. The number of aromatic nitrogens is 2. The summed E-state index contributed by atoms with van der Waals surface area (Å²) >= 11 is 17.6. The Labute approximate surface area is 139 Å². The SMILES string of the molecule is Cc1c(Cl)c([N+](=O)[O-])nn1CC(=O)Nc1cc(Cl)ccc1Cl. The fourth-order valence-corrected chi connectivity index (χ4v) is 2.24. The van der Waals surface area contributed by atoms with E-state index in [-0.39, 0.29) is 11.6 Å². The first-order chi connectivity index (χ1) is 10.3. The number of benzene rings is 1. The second-order valence-electron chi connectivity index (χ2n) is 4.31. The van der Waals surface area contributed by atoms with E-state index >= 15 is 0 Å². The van der Waals surface area contributed by atoms with E-state index in [0.29, 0.717) is 21.4 Å². The number of halogens is 3. The number of nitrogens with one attached hydrogen (secondary N) is 1. The van der Waals surface area contributed by atoms with Gasteiger partial charge in [-0.1, -0.05) is 34.8 Å². The van der Waals surface area contributed by atoms with Crippen LogP contribution in [0.2, 0.25) is 15.1 Å². The normalized spacial score (nSPS) is 10.5. The maximum atomic E-state index is 12.0. The molecule has 0 aliphatic carbocycles. The van der Waals surface area contributed by atoms with Crippen molar-refractivity contribution in [3.05, 3.63) is 49.1 Å². The number of rotatable bonds is 4. The van der Waals surface area contributed by atoms with Crippen molar-refractivity contribution in [3.63, 3.8) is 0 Å². The van der Waals surface area contributed by atoms with Crippen molar-refractivity contribution in [2.75, 3.05) is 5.32 Å². The molecule has 0 saturated heterocycles. The first-order valence-electron chi connectivity index (χ1n) is 5.91. The van der Waals surface area contributed by atoms with E-state index < -0.39 is 16.6 Å². The van der Waals surface area contributed by atoms with Crippen LogP contribution in [0.4, 0.5) is 11.5 Å². The van der Waals surface area contributed by atoms with E-state index in [4.69, 9.17) is 34.8 Å². The first-order valence-corrected chi connectivity index (χ1v) is 7.05. The molecule has 2 aromatic rings. The van der Waals surface area contributed by atoms with Gasteiger partial charge < -0.3 is 15.4 Å². The molecule has 0 aliphatic rings. The van der Waals surface area contributed by atoms with Crippen LogP contribution in [0.15, 0.2) is 18.2 Å². The van der Waals surface area contributed by atoms with Crippen molar-refractivity contribution in [1.29, 1.82) is 0 Å². The molecular formula is C12H9Cl3N4O3. The Bertz CT molecular complexity index is 760. The molecule has 0 spiro atoms. The van der Waals surface area contributed by atoms with E-state index in [9.17, 15) is 14.9 Å². The summed E-state index contributed by atoms with van der Waals surface area (Å²) in [6.07, 6.45) is 0. The fourth-order valence-electron chi connectivity index (χ4n) is 1.70. The third-order valence-electron chi connectivity index (χ3n) is 2.79. The number of hydrogen-bond donors (Lipinski definition) is 1. The molecule has 0 fully saturated rings. The Kier molecular flexibility index (Phi) is 4.90. The van der Waals surface area contributed by atoms with E-state index in [0.717, 1.165) is 4.68 Å². The third-order valence-corrected chi connectivity index (χ3v) is 3.79. The van der Waals surface area contributed by atoms with Crippen LogP contribution < -0.4 is 5.32 Å². The van der Waals surface area contributed by atoms with E-state index in [2.05, 4.69) is 10.4 Å². The summed E-state index contributed by atoms with van der Waals surface area (Å²) in [6, 6.07) is 4.62. The number of carbonyl (C=O) groups is 1. The molecule has 0 atom stereocenters. The van der Waals surface area contributed by atoms with Gasteiger partial charge >= 0.3 is 5.82 Å². The predicted octanol–water partition coefficient (Wildman–Crippen LogP) is 3.70. The number of carbonyl (C=O) groups excluding carboxylic acids is 1. The second kappa shape index (κ2) is 6.51. The number of amides is 1. The number of hydrogen-bond acceptors (Lipinski definition) is 4. The van der Waals surface area contributed by atoms with Gasteiger partial charge in [-0.05, 0) is 30.0 Å². The van der Waals surface area contributed by atoms with Crippen molar-refractivity contribution < 1.29 is 9.72 Å². The van der Waals surface area contributed by atoms with Crippen LogP contribution in [0.3, 0.4) is 0 Å². The lowest BCUT2D eigenvalue weighted by Crippen LogP contribution is -2.20. The van der Waals surface area contributed by atoms with Gasteiger partial charge in [0.1, 0.15) is 6.54 Å². The predicted molar refractivity (Wildman–Crippen MR) is 83.7 cm³/mol. The minimum Gasteiger partial charge on any atom is -0.358 e. The minimum atomic E-state index is -0.711. The average Bonchev–Trinajstić information content (AvgIpc) is 2.71. The Balaban J connectivity index is 2.17. The van der Waals surface area contributed by atoms with E-state index in [1.807, 2.05) is 0 Å². The van der Waals surface area contributed by atoms with Crippen LogP contribution in [0, 0.1) is 17.0 Å². The maximum Gasteiger partial charge on any atom is 0.408 e. The zero-order valence-electron chi connectivity index (χ0n) is 11.1. The van der Waals surface area contributed by atoms with Crippen molar-refractivity contribution in [1.82, 2.24) is 9.78 Å². The van der Waals surface area contributed by atoms with E-state index in [1.165, 1.54) is 13.0 Å². The quantitative estimate of drug-likeness (QED) is 0.662. The van der Waals surface area contributed by atoms with Crippen molar-refractivity contribution in [2.45, 2.75) is 13.5 Å². The molecule has 0 saturated carbocycles. The molecule has 0 aliphatic heterocycles. The summed E-state index contributed by atoms with van der Waals surface area (Å²) in [5, 5.41) is 17.6. The van der Waals surface area contributed by atoms with Gasteiger partial charge in [-0.2, -0.15) is 4.68 Å². The lowest BCUT2D eigenvalue weighted by atomic mass is 10.3. The molecule has 0 unspecified atom stereocenters. The van der Waals surface area contributed by atoms with Crippen molar-refractivity contribution in [2.24, 2.45) is 0 Å². The van der Waals surface area contributed by atoms with Crippen molar-refractivity contribution in [3.8, 4) is 0 Å². The highest BCUT2D eigenvalue weighted by Crippen LogP contribution is 2.27. The molecule has 1 aromatic heterocycles. The Hall–Kier alpha value is -1.83. The van der Waals surface area contributed by atoms with Crippen LogP contribution in [-0.4, -0.2) is 20.6 Å². The highest BCUT2D eigenvalue weighted by molar-refractivity contribution is 6.35. The van der Waals surface area contributed by atoms with Gasteiger partial charge in [0.2, 0.25) is 5.91 Å². The first kappa shape index (κ1) is 16.5. The summed E-state index contributed by atoms with van der Waals surface area (Å²) < 4.78 is 1.15. The minimum absolute atomic E-state index is 0.0985. The highest BCUT2D eigenvalue weighted by Gasteiger charge is 2.25. The summed E-state index contributed by atoms with van der Waals surface area (Å²) in [4.78, 5) is 22.0. The molecule has 7 nitrogen and oxygen atoms in total. The zero-order chi connectivity index (χ0) is 16.4. The molecule has 10 heteroatoms. The van der Waals surface area contributed by atoms with Crippen molar-refractivity contribution >= 4 is 52.2 Å². The van der Waals surface area contributed by atoms with Gasteiger partial charge in [0.25, 0.3) is 0 Å². The monoisotopic (exact) mass is 362 g/mol. The molecule has 2 rings (SSSR count). The van der Waals surface area contributed by atoms with Crippen LogP contribution in [-0.2, 0) is 11.3 Å². The molecule has 0 radical (unpaired) electrons. The summed E-state index contributed by atoms with van der Waals surface area (Å²) in [5.74, 6) is -0.964. The summed E-state index contributed by atoms with van der Waals surface area (Å²) in [7, 11) is 0. The van der Waals surface area contributed by atoms with Gasteiger partial charge in [0.05, 0.1) is 21.5 Å². The van der Waals surface area contributed by atoms with Gasteiger partial charge in [0.15, 0.2) is 5.02 Å². The lowest BCUT2D eigenvalue weighted by Gasteiger charge is -2.07. The topological polar surface area (TPSA) is 90.1 Å². The average molecular weight is 364 g/mol. The largest absolute Gasteiger partial charge is 0.408 e. The number of nitro groups is 1. The summed E-state index contributed by atoms with van der Waals surface area (Å²) in [6.45, 7) is 1.28. The van der Waals surface area contributed by atoms with Gasteiger partial charge in [0, 0.05) is 5.02 Å². The third kappa shape index (κ3) is 3.49. The lowest BCUT2D eigenvalue weighted by molar-refractivity contribution is -0.389. The molecule has 22 heavy (non-hydrogen) atoms. The van der Waals surface area contributed by atoms with Gasteiger partial charge in [-0.3, -0.25) is 4.79 Å². The van der Waals surface area contributed by atoms with E-state index in [1.54, 1.807) is 12.1 Å². The summed E-state index contributed by atoms with van der Waals surface area (Å²) in [5.41, 5.74) is 0.658. The van der Waals surface area contributed by atoms with Crippen LogP contribution >= 0.6 is 34.8 Å². The standard InChI is InChI=1S/C12H9Cl3N4O3/c1-6-11(15)12(19(21)22)17-18(6)5-10(20)16-9-4-7(13)2-3-8(9)14/h2-4H,5H2,1H3,(H,16,20). The van der Waals surface area contributed by atoms with Crippen LogP contribution in [0.25, 0.3) is 0 Å². The maximum absolute atomic E-state index is 12.0. The van der Waals surface area contributed by atoms with Gasteiger partial charge in [-0.15, -0.1) is 0 Å². The smallest absolute Gasteiger partial charge is 0.358 e. The molecule has 1 aromatic carbocycles. The Morgan fingerprint density at radius 2 is 2.09 bits per heavy atom. The Morgan fingerprint density at radius 1 is 1.41 bits per heavy atom. The molecule has 0 bridgehead atoms. The van der Waals surface area contributed by atoms with Crippen LogP contribution in [0.5, 0.6) is 0 Å². The molecule has 1 amide bonds. The second-order valence-corrected chi connectivity index (χ2v) is 5.53. The molecule has 1 N–H and O–H groups in total.